The van der Waals surface area contributed by atoms with Crippen molar-refractivity contribution in [2.45, 2.75) is 64.2 Å². The van der Waals surface area contributed by atoms with Gasteiger partial charge in [-0.05, 0) is 57.2 Å². The third-order valence-corrected chi connectivity index (χ3v) is 3.47. The second-order valence-corrected chi connectivity index (χ2v) is 5.68. The van der Waals surface area contributed by atoms with E-state index in [1.54, 1.807) is 12.1 Å². The molecule has 21 heavy (non-hydrogen) atoms. The Bertz CT molecular complexity index is 403. The van der Waals surface area contributed by atoms with Crippen molar-refractivity contribution >= 4 is 0 Å². The normalized spacial score (nSPS) is 14.9. The van der Waals surface area contributed by atoms with Crippen LogP contribution in [0.4, 0.5) is 13.2 Å². The summed E-state index contributed by atoms with van der Waals surface area (Å²) in [4.78, 5) is 0. The van der Waals surface area contributed by atoms with Crippen LogP contribution in [0.15, 0.2) is 24.3 Å². The Kier molecular flexibility index (Phi) is 7.02. The predicted molar refractivity (Wildman–Crippen MR) is 78.4 cm³/mol. The van der Waals surface area contributed by atoms with Crippen molar-refractivity contribution in [3.05, 3.63) is 29.8 Å². The standard InChI is InChI=1S/C16H24F3NO/c1-12(4-3-11-16(17,18)19)20-13(2)5-6-14-7-9-15(21)10-8-14/h7-10,12-13,20-21H,3-6,11H2,1-2H3. The molecule has 2 unspecified atom stereocenters. The van der Waals surface area contributed by atoms with E-state index in [0.29, 0.717) is 6.42 Å². The van der Waals surface area contributed by atoms with Gasteiger partial charge in [-0.3, -0.25) is 0 Å². The number of nitrogens with one attached hydrogen (secondary N) is 1. The number of phenolic OH excluding ortho intramolecular Hbond substituents is 1. The summed E-state index contributed by atoms with van der Waals surface area (Å²) in [5.41, 5.74) is 1.14. The molecule has 1 rings (SSSR count). The second kappa shape index (κ2) is 8.27. The summed E-state index contributed by atoms with van der Waals surface area (Å²) in [5.74, 6) is 0.253. The molecule has 0 radical (unpaired) electrons. The molecular weight excluding hydrogens is 279 g/mol. The van der Waals surface area contributed by atoms with Crippen molar-refractivity contribution in [2.75, 3.05) is 0 Å². The van der Waals surface area contributed by atoms with Gasteiger partial charge in [0.25, 0.3) is 0 Å². The van der Waals surface area contributed by atoms with E-state index in [-0.39, 0.29) is 24.3 Å². The monoisotopic (exact) mass is 303 g/mol. The molecule has 0 aliphatic heterocycles. The van der Waals surface area contributed by atoms with E-state index in [2.05, 4.69) is 5.32 Å². The molecule has 0 amide bonds. The van der Waals surface area contributed by atoms with Gasteiger partial charge in [0.15, 0.2) is 0 Å². The number of aryl methyl sites for hydroxylation is 1. The number of benzene rings is 1. The third-order valence-electron chi connectivity index (χ3n) is 3.47. The number of hydrogen-bond acceptors (Lipinski definition) is 2. The molecule has 1 aromatic rings. The maximum Gasteiger partial charge on any atom is 0.389 e. The number of alkyl halides is 3. The van der Waals surface area contributed by atoms with Gasteiger partial charge in [-0.15, -0.1) is 0 Å². The van der Waals surface area contributed by atoms with Gasteiger partial charge < -0.3 is 10.4 Å². The van der Waals surface area contributed by atoms with Crippen molar-refractivity contribution in [3.8, 4) is 5.75 Å². The lowest BCUT2D eigenvalue weighted by Gasteiger charge is -2.20. The minimum atomic E-state index is -4.05. The maximum absolute atomic E-state index is 12.1. The molecule has 0 spiro atoms. The Balaban J connectivity index is 2.20. The van der Waals surface area contributed by atoms with E-state index in [4.69, 9.17) is 0 Å². The molecule has 120 valence electrons. The minimum absolute atomic E-state index is 0.0853. The molecule has 0 aliphatic carbocycles. The number of phenols is 1. The summed E-state index contributed by atoms with van der Waals surface area (Å²) < 4.78 is 36.2. The summed E-state index contributed by atoms with van der Waals surface area (Å²) in [6, 6.07) is 7.42. The molecule has 0 saturated heterocycles. The summed E-state index contributed by atoms with van der Waals surface area (Å²) in [6.07, 6.45) is -2.27. The Morgan fingerprint density at radius 1 is 1.05 bits per heavy atom. The Hall–Kier alpha value is -1.23. The van der Waals surface area contributed by atoms with Gasteiger partial charge in [0.1, 0.15) is 5.75 Å². The van der Waals surface area contributed by atoms with Crippen molar-refractivity contribution in [3.63, 3.8) is 0 Å². The Labute approximate surface area is 124 Å². The van der Waals surface area contributed by atoms with Crippen LogP contribution in [0.5, 0.6) is 5.75 Å². The highest BCUT2D eigenvalue weighted by atomic mass is 19.4. The van der Waals surface area contributed by atoms with Crippen LogP contribution in [0, 0.1) is 0 Å². The van der Waals surface area contributed by atoms with Crippen LogP contribution in [0.25, 0.3) is 0 Å². The van der Waals surface area contributed by atoms with Gasteiger partial charge in [0, 0.05) is 18.5 Å². The fourth-order valence-corrected chi connectivity index (χ4v) is 2.31. The van der Waals surface area contributed by atoms with Crippen molar-refractivity contribution in [1.82, 2.24) is 5.32 Å². The van der Waals surface area contributed by atoms with Gasteiger partial charge in [0.05, 0.1) is 0 Å². The first-order chi connectivity index (χ1) is 9.76. The van der Waals surface area contributed by atoms with Crippen LogP contribution in [-0.4, -0.2) is 23.4 Å². The first-order valence-corrected chi connectivity index (χ1v) is 7.37. The zero-order valence-corrected chi connectivity index (χ0v) is 12.6. The zero-order chi connectivity index (χ0) is 15.9. The number of aromatic hydroxyl groups is 1. The van der Waals surface area contributed by atoms with E-state index in [0.717, 1.165) is 18.4 Å². The number of rotatable bonds is 8. The summed E-state index contributed by atoms with van der Waals surface area (Å²) in [7, 11) is 0. The first kappa shape index (κ1) is 17.8. The van der Waals surface area contributed by atoms with Crippen LogP contribution in [-0.2, 0) is 6.42 Å². The van der Waals surface area contributed by atoms with Gasteiger partial charge in [-0.25, -0.2) is 0 Å². The SMILES string of the molecule is CC(CCCC(F)(F)F)NC(C)CCc1ccc(O)cc1. The lowest BCUT2D eigenvalue weighted by atomic mass is 10.0. The quantitative estimate of drug-likeness (QED) is 0.745. The molecular formula is C16H24F3NO. The summed E-state index contributed by atoms with van der Waals surface area (Å²) in [5, 5.41) is 12.5. The molecule has 0 heterocycles. The average Bonchev–Trinajstić information content (AvgIpc) is 2.36. The molecule has 0 aliphatic rings. The lowest BCUT2D eigenvalue weighted by molar-refractivity contribution is -0.135. The molecule has 0 aromatic heterocycles. The summed E-state index contributed by atoms with van der Waals surface area (Å²) in [6.45, 7) is 3.97. The fraction of sp³-hybridized carbons (Fsp3) is 0.625. The molecule has 2 atom stereocenters. The van der Waals surface area contributed by atoms with Crippen molar-refractivity contribution < 1.29 is 18.3 Å². The lowest BCUT2D eigenvalue weighted by Crippen LogP contribution is -2.34. The predicted octanol–water partition coefficient (Wildman–Crippen LogP) is 4.42. The fourth-order valence-electron chi connectivity index (χ4n) is 2.31. The Morgan fingerprint density at radius 2 is 1.62 bits per heavy atom. The van der Waals surface area contributed by atoms with Crippen LogP contribution in [0.2, 0.25) is 0 Å². The van der Waals surface area contributed by atoms with Gasteiger partial charge in [-0.1, -0.05) is 12.1 Å². The molecule has 0 fully saturated rings. The van der Waals surface area contributed by atoms with E-state index < -0.39 is 12.6 Å². The van der Waals surface area contributed by atoms with E-state index >= 15 is 0 Å². The molecule has 0 saturated carbocycles. The molecule has 2 N–H and O–H groups in total. The van der Waals surface area contributed by atoms with Crippen LogP contribution in [0.1, 0.15) is 45.1 Å². The average molecular weight is 303 g/mol. The van der Waals surface area contributed by atoms with E-state index in [1.165, 1.54) is 0 Å². The highest BCUT2D eigenvalue weighted by Gasteiger charge is 2.26. The van der Waals surface area contributed by atoms with Crippen molar-refractivity contribution in [1.29, 1.82) is 0 Å². The highest BCUT2D eigenvalue weighted by Crippen LogP contribution is 2.22. The zero-order valence-electron chi connectivity index (χ0n) is 12.6. The topological polar surface area (TPSA) is 32.3 Å². The van der Waals surface area contributed by atoms with E-state index in [1.807, 2.05) is 26.0 Å². The number of halogens is 3. The molecule has 5 heteroatoms. The van der Waals surface area contributed by atoms with Crippen molar-refractivity contribution in [2.24, 2.45) is 0 Å². The first-order valence-electron chi connectivity index (χ1n) is 7.37. The highest BCUT2D eigenvalue weighted by molar-refractivity contribution is 5.25. The smallest absolute Gasteiger partial charge is 0.389 e. The largest absolute Gasteiger partial charge is 0.508 e. The minimum Gasteiger partial charge on any atom is -0.508 e. The van der Waals surface area contributed by atoms with Crippen LogP contribution >= 0.6 is 0 Å². The van der Waals surface area contributed by atoms with Crippen LogP contribution < -0.4 is 5.32 Å². The molecule has 1 aromatic carbocycles. The van der Waals surface area contributed by atoms with Crippen LogP contribution in [0.3, 0.4) is 0 Å². The van der Waals surface area contributed by atoms with Gasteiger partial charge >= 0.3 is 6.18 Å². The Morgan fingerprint density at radius 3 is 2.19 bits per heavy atom. The number of hydrogen-bond donors (Lipinski definition) is 2. The third kappa shape index (κ3) is 8.60. The molecule has 2 nitrogen and oxygen atoms in total. The maximum atomic E-state index is 12.1. The molecule has 0 bridgehead atoms. The van der Waals surface area contributed by atoms with Gasteiger partial charge in [0.2, 0.25) is 0 Å². The second-order valence-electron chi connectivity index (χ2n) is 5.68. The van der Waals surface area contributed by atoms with E-state index in [9.17, 15) is 18.3 Å². The summed E-state index contributed by atoms with van der Waals surface area (Å²) >= 11 is 0. The van der Waals surface area contributed by atoms with Gasteiger partial charge in [-0.2, -0.15) is 13.2 Å².